The molecule has 1 spiro atoms. The molecule has 116 valence electrons. The van der Waals surface area contributed by atoms with Crippen molar-refractivity contribution in [2.75, 3.05) is 39.8 Å². The first-order valence-corrected chi connectivity index (χ1v) is 8.97. The van der Waals surface area contributed by atoms with Crippen molar-refractivity contribution < 1.29 is 0 Å². The summed E-state index contributed by atoms with van der Waals surface area (Å²) in [6.45, 7) is 11.6. The second-order valence-corrected chi connectivity index (χ2v) is 8.46. The van der Waals surface area contributed by atoms with Gasteiger partial charge in [0.1, 0.15) is 0 Å². The first-order chi connectivity index (χ1) is 9.56. The predicted octanol–water partition coefficient (Wildman–Crippen LogP) is 3.48. The lowest BCUT2D eigenvalue weighted by Gasteiger charge is -2.53. The van der Waals surface area contributed by atoms with Gasteiger partial charge in [-0.25, -0.2) is 0 Å². The van der Waals surface area contributed by atoms with Crippen molar-refractivity contribution in [1.82, 2.24) is 9.80 Å². The second kappa shape index (κ2) is 5.96. The number of piperidine rings is 2. The van der Waals surface area contributed by atoms with Crippen molar-refractivity contribution in [1.29, 1.82) is 0 Å². The van der Waals surface area contributed by atoms with Crippen molar-refractivity contribution in [3.8, 4) is 0 Å². The molecule has 2 aliphatic heterocycles. The highest BCUT2D eigenvalue weighted by Gasteiger charge is 2.45. The lowest BCUT2D eigenvalue weighted by atomic mass is 9.57. The fourth-order valence-electron chi connectivity index (χ4n) is 4.96. The van der Waals surface area contributed by atoms with E-state index < -0.39 is 0 Å². The third kappa shape index (κ3) is 3.22. The summed E-state index contributed by atoms with van der Waals surface area (Å²) >= 11 is 0. The third-order valence-corrected chi connectivity index (χ3v) is 6.58. The second-order valence-electron chi connectivity index (χ2n) is 8.46. The molecule has 2 saturated heterocycles. The minimum atomic E-state index is 0.771. The minimum absolute atomic E-state index is 0.771. The summed E-state index contributed by atoms with van der Waals surface area (Å²) in [6, 6.07) is 0. The molecule has 1 aliphatic carbocycles. The molecule has 1 saturated carbocycles. The van der Waals surface area contributed by atoms with E-state index in [4.69, 9.17) is 0 Å². The van der Waals surface area contributed by atoms with Crippen molar-refractivity contribution in [3.63, 3.8) is 0 Å². The molecule has 0 aromatic carbocycles. The fraction of sp³-hybridized carbons (Fsp3) is 1.00. The van der Waals surface area contributed by atoms with E-state index in [2.05, 4.69) is 30.7 Å². The molecule has 3 rings (SSSR count). The van der Waals surface area contributed by atoms with Gasteiger partial charge in [0.2, 0.25) is 0 Å². The van der Waals surface area contributed by atoms with Crippen molar-refractivity contribution >= 4 is 0 Å². The maximum Gasteiger partial charge on any atom is 0.00101 e. The molecule has 0 aromatic rings. The van der Waals surface area contributed by atoms with Gasteiger partial charge < -0.3 is 9.80 Å². The Balaban J connectivity index is 1.37. The van der Waals surface area contributed by atoms with Crippen LogP contribution in [0.25, 0.3) is 0 Å². The van der Waals surface area contributed by atoms with E-state index in [9.17, 15) is 0 Å². The molecule has 0 bridgehead atoms. The van der Waals surface area contributed by atoms with Gasteiger partial charge in [-0.1, -0.05) is 13.8 Å². The lowest BCUT2D eigenvalue weighted by molar-refractivity contribution is -0.0250. The Morgan fingerprint density at radius 2 is 1.60 bits per heavy atom. The Kier molecular flexibility index (Phi) is 4.42. The molecule has 0 N–H and O–H groups in total. The smallest absolute Gasteiger partial charge is 0.00101 e. The van der Waals surface area contributed by atoms with Crippen LogP contribution in [0.4, 0.5) is 0 Å². The summed E-state index contributed by atoms with van der Waals surface area (Å²) in [5.74, 6) is 2.91. The molecular weight excluding hydrogens is 244 g/mol. The van der Waals surface area contributed by atoms with Gasteiger partial charge >= 0.3 is 0 Å². The van der Waals surface area contributed by atoms with E-state index in [-0.39, 0.29) is 0 Å². The Hall–Kier alpha value is -0.0800. The van der Waals surface area contributed by atoms with Gasteiger partial charge in [0.05, 0.1) is 0 Å². The summed E-state index contributed by atoms with van der Waals surface area (Å²) < 4.78 is 0. The maximum atomic E-state index is 2.77. The van der Waals surface area contributed by atoms with Crippen LogP contribution in [0.2, 0.25) is 0 Å². The zero-order chi connectivity index (χ0) is 14.2. The van der Waals surface area contributed by atoms with Crippen LogP contribution in [0, 0.1) is 23.2 Å². The SMILES string of the molecule is CC(C)C1CCN(CC2CC3(CCN(C)CC3)C2)CC1. The molecule has 20 heavy (non-hydrogen) atoms. The van der Waals surface area contributed by atoms with Crippen molar-refractivity contribution in [3.05, 3.63) is 0 Å². The average molecular weight is 278 g/mol. The molecule has 0 atom stereocenters. The Morgan fingerprint density at radius 3 is 2.15 bits per heavy atom. The monoisotopic (exact) mass is 278 g/mol. The highest BCUT2D eigenvalue weighted by molar-refractivity contribution is 4.97. The predicted molar refractivity (Wildman–Crippen MR) is 85.9 cm³/mol. The van der Waals surface area contributed by atoms with E-state index in [1.165, 1.54) is 71.2 Å². The van der Waals surface area contributed by atoms with Crippen LogP contribution >= 0.6 is 0 Å². The van der Waals surface area contributed by atoms with E-state index >= 15 is 0 Å². The van der Waals surface area contributed by atoms with E-state index in [1.54, 1.807) is 0 Å². The fourth-order valence-corrected chi connectivity index (χ4v) is 4.96. The summed E-state index contributed by atoms with van der Waals surface area (Å²) in [5.41, 5.74) is 0.771. The molecule has 2 nitrogen and oxygen atoms in total. The summed E-state index contributed by atoms with van der Waals surface area (Å²) in [5, 5.41) is 0. The molecule has 0 amide bonds. The van der Waals surface area contributed by atoms with Gasteiger partial charge in [-0.3, -0.25) is 0 Å². The quantitative estimate of drug-likeness (QED) is 0.780. The van der Waals surface area contributed by atoms with Crippen LogP contribution in [0.15, 0.2) is 0 Å². The highest BCUT2D eigenvalue weighted by atomic mass is 15.1. The Labute approximate surface area is 125 Å². The van der Waals surface area contributed by atoms with Crippen molar-refractivity contribution in [2.24, 2.45) is 23.2 Å². The van der Waals surface area contributed by atoms with E-state index in [1.807, 2.05) is 0 Å². The summed E-state index contributed by atoms with van der Waals surface area (Å²) in [4.78, 5) is 5.28. The molecule has 3 fully saturated rings. The van der Waals surface area contributed by atoms with E-state index in [0.717, 1.165) is 23.2 Å². The highest BCUT2D eigenvalue weighted by Crippen LogP contribution is 2.52. The van der Waals surface area contributed by atoms with Gasteiger partial charge in [-0.05, 0) is 94.9 Å². The van der Waals surface area contributed by atoms with Crippen molar-refractivity contribution in [2.45, 2.75) is 52.4 Å². The number of rotatable bonds is 3. The van der Waals surface area contributed by atoms with Crippen LogP contribution in [0.3, 0.4) is 0 Å². The lowest BCUT2D eigenvalue weighted by Crippen LogP contribution is -2.49. The van der Waals surface area contributed by atoms with Gasteiger partial charge in [0.25, 0.3) is 0 Å². The molecular formula is C18H34N2. The topological polar surface area (TPSA) is 6.48 Å². The number of nitrogens with zero attached hydrogens (tertiary/aromatic N) is 2. The van der Waals surface area contributed by atoms with Gasteiger partial charge in [0.15, 0.2) is 0 Å². The van der Waals surface area contributed by atoms with Crippen LogP contribution < -0.4 is 0 Å². The third-order valence-electron chi connectivity index (χ3n) is 6.58. The first kappa shape index (κ1) is 14.8. The Bertz CT molecular complexity index is 301. The van der Waals surface area contributed by atoms with E-state index in [0.29, 0.717) is 0 Å². The zero-order valence-corrected chi connectivity index (χ0v) is 13.9. The van der Waals surface area contributed by atoms with Gasteiger partial charge in [-0.15, -0.1) is 0 Å². The molecule has 0 aromatic heterocycles. The molecule has 2 heterocycles. The first-order valence-electron chi connectivity index (χ1n) is 8.97. The summed E-state index contributed by atoms with van der Waals surface area (Å²) in [7, 11) is 2.28. The maximum absolute atomic E-state index is 2.77. The van der Waals surface area contributed by atoms with Gasteiger partial charge in [-0.2, -0.15) is 0 Å². The molecule has 0 unspecified atom stereocenters. The molecule has 0 radical (unpaired) electrons. The standard InChI is InChI=1S/C18H34N2/c1-15(2)17-4-8-20(9-5-17)14-16-12-18(13-16)6-10-19(3)11-7-18/h15-17H,4-14H2,1-3H3. The van der Waals surface area contributed by atoms with Crippen LogP contribution in [0.1, 0.15) is 52.4 Å². The molecule has 2 heteroatoms. The summed E-state index contributed by atoms with van der Waals surface area (Å²) in [6.07, 6.45) is 8.89. The Morgan fingerprint density at radius 1 is 1.00 bits per heavy atom. The zero-order valence-electron chi connectivity index (χ0n) is 13.9. The van der Waals surface area contributed by atoms with Gasteiger partial charge in [0, 0.05) is 6.54 Å². The average Bonchev–Trinajstić information content (AvgIpc) is 2.40. The minimum Gasteiger partial charge on any atom is -0.306 e. The van der Waals surface area contributed by atoms with Crippen LogP contribution in [0.5, 0.6) is 0 Å². The number of likely N-dealkylation sites (tertiary alicyclic amines) is 2. The normalized spacial score (nSPS) is 30.0. The largest absolute Gasteiger partial charge is 0.306 e. The van der Waals surface area contributed by atoms with Crippen LogP contribution in [-0.4, -0.2) is 49.6 Å². The van der Waals surface area contributed by atoms with Crippen LogP contribution in [-0.2, 0) is 0 Å². The molecule has 3 aliphatic rings. The number of hydrogen-bond donors (Lipinski definition) is 0. The number of hydrogen-bond acceptors (Lipinski definition) is 2.